The summed E-state index contributed by atoms with van der Waals surface area (Å²) in [4.78, 5) is 0. The third-order valence-electron chi connectivity index (χ3n) is 2.73. The maximum Gasteiger partial charge on any atom is 0.223 e. The van der Waals surface area contributed by atoms with E-state index < -0.39 is 27.1 Å². The van der Waals surface area contributed by atoms with E-state index in [0.717, 1.165) is 6.42 Å². The van der Waals surface area contributed by atoms with Gasteiger partial charge in [-0.3, -0.25) is 0 Å². The summed E-state index contributed by atoms with van der Waals surface area (Å²) in [5.41, 5.74) is 0.342. The van der Waals surface area contributed by atoms with Crippen LogP contribution in [0.15, 0.2) is 30.3 Å². The minimum absolute atomic E-state index is 0.342. The predicted molar refractivity (Wildman–Crippen MR) is 87.2 cm³/mol. The van der Waals surface area contributed by atoms with Crippen LogP contribution in [0.2, 0.25) is 26.2 Å². The van der Waals surface area contributed by atoms with Gasteiger partial charge in [-0.1, -0.05) is 37.3 Å². The van der Waals surface area contributed by atoms with Gasteiger partial charge in [0.25, 0.3) is 0 Å². The van der Waals surface area contributed by atoms with Gasteiger partial charge in [0.2, 0.25) is 9.04 Å². The maximum atomic E-state index is 6.37. The van der Waals surface area contributed by atoms with E-state index in [-0.39, 0.29) is 0 Å². The van der Waals surface area contributed by atoms with E-state index in [1.54, 1.807) is 0 Å². The van der Waals surface area contributed by atoms with E-state index in [4.69, 9.17) is 8.54 Å². The highest BCUT2D eigenvalue weighted by molar-refractivity contribution is 6.75. The summed E-state index contributed by atoms with van der Waals surface area (Å²) in [5, 5.41) is 1.39. The molecule has 0 aliphatic rings. The van der Waals surface area contributed by atoms with Crippen molar-refractivity contribution >= 4 is 32.3 Å². The molecule has 0 heterocycles. The molecule has 1 aromatic carbocycles. The Morgan fingerprint density at radius 2 is 1.61 bits per heavy atom. The lowest BCUT2D eigenvalue weighted by Crippen LogP contribution is -2.49. The summed E-state index contributed by atoms with van der Waals surface area (Å²) in [6.45, 7) is 11.2. The lowest BCUT2D eigenvalue weighted by Gasteiger charge is -2.29. The second-order valence-electron chi connectivity index (χ2n) is 5.15. The zero-order valence-electron chi connectivity index (χ0n) is 12.2. The molecule has 2 atom stereocenters. The minimum atomic E-state index is -1.45. The molecule has 0 bridgehead atoms. The Hall–Kier alpha value is -0.209. The highest BCUT2D eigenvalue weighted by Gasteiger charge is 2.27. The SMILES string of the molecule is CCC(O[SiH](C)C)[SiH](O[SiH](C)C)c1ccccc1. The molecule has 1 rings (SSSR count). The van der Waals surface area contributed by atoms with Crippen LogP contribution in [0.1, 0.15) is 13.3 Å². The van der Waals surface area contributed by atoms with Crippen molar-refractivity contribution in [3.05, 3.63) is 30.3 Å². The van der Waals surface area contributed by atoms with Crippen LogP contribution in [0, 0.1) is 0 Å². The van der Waals surface area contributed by atoms with Gasteiger partial charge in [-0.2, -0.15) is 0 Å². The Morgan fingerprint density at radius 3 is 2.06 bits per heavy atom. The Bertz CT molecular complexity index is 330. The Kier molecular flexibility index (Phi) is 7.10. The normalized spacial score (nSPS) is 15.1. The van der Waals surface area contributed by atoms with Crippen LogP contribution in [-0.4, -0.2) is 32.8 Å². The molecule has 0 saturated carbocycles. The van der Waals surface area contributed by atoms with Gasteiger partial charge >= 0.3 is 0 Å². The van der Waals surface area contributed by atoms with Crippen molar-refractivity contribution in [1.82, 2.24) is 0 Å². The van der Waals surface area contributed by atoms with Crippen molar-refractivity contribution < 1.29 is 8.54 Å². The first-order chi connectivity index (χ1) is 8.54. The van der Waals surface area contributed by atoms with Gasteiger partial charge in [0.1, 0.15) is 0 Å². The van der Waals surface area contributed by atoms with Crippen molar-refractivity contribution in [3.63, 3.8) is 0 Å². The molecule has 2 unspecified atom stereocenters. The summed E-state index contributed by atoms with van der Waals surface area (Å²) in [7, 11) is -3.46. The molecule has 0 N–H and O–H groups in total. The highest BCUT2D eigenvalue weighted by Crippen LogP contribution is 2.09. The smallest absolute Gasteiger partial charge is 0.223 e. The summed E-state index contributed by atoms with van der Waals surface area (Å²) >= 11 is 0. The van der Waals surface area contributed by atoms with E-state index >= 15 is 0 Å². The van der Waals surface area contributed by atoms with E-state index in [1.165, 1.54) is 5.19 Å². The third-order valence-corrected chi connectivity index (χ3v) is 9.64. The molecule has 0 fully saturated rings. The monoisotopic (exact) mass is 298 g/mol. The maximum absolute atomic E-state index is 6.37. The summed E-state index contributed by atoms with van der Waals surface area (Å²) in [5.74, 6) is 0. The molecule has 18 heavy (non-hydrogen) atoms. The molecule has 0 spiro atoms. The van der Waals surface area contributed by atoms with Gasteiger partial charge in [-0.15, -0.1) is 0 Å². The van der Waals surface area contributed by atoms with Crippen molar-refractivity contribution in [2.75, 3.05) is 0 Å². The minimum Gasteiger partial charge on any atom is -0.456 e. The molecule has 0 radical (unpaired) electrons. The van der Waals surface area contributed by atoms with Gasteiger partial charge in [0.15, 0.2) is 18.1 Å². The zero-order chi connectivity index (χ0) is 13.5. The highest BCUT2D eigenvalue weighted by atomic mass is 28.4. The Morgan fingerprint density at radius 1 is 1.00 bits per heavy atom. The van der Waals surface area contributed by atoms with Crippen LogP contribution < -0.4 is 5.19 Å². The van der Waals surface area contributed by atoms with E-state index in [0.29, 0.717) is 5.73 Å². The molecular formula is C13H26O2Si3. The van der Waals surface area contributed by atoms with Crippen molar-refractivity contribution in [1.29, 1.82) is 0 Å². The first-order valence-electron chi connectivity index (χ1n) is 6.90. The van der Waals surface area contributed by atoms with Gasteiger partial charge in [-0.25, -0.2) is 0 Å². The number of benzene rings is 1. The largest absolute Gasteiger partial charge is 0.456 e. The average molecular weight is 299 g/mol. The van der Waals surface area contributed by atoms with Crippen LogP contribution >= 0.6 is 0 Å². The molecule has 2 nitrogen and oxygen atoms in total. The molecule has 0 aliphatic heterocycles. The molecule has 0 amide bonds. The zero-order valence-corrected chi connectivity index (χ0v) is 15.7. The summed E-state index contributed by atoms with van der Waals surface area (Å²) in [6, 6.07) is 10.7. The van der Waals surface area contributed by atoms with Crippen LogP contribution in [0.4, 0.5) is 0 Å². The van der Waals surface area contributed by atoms with E-state index in [1.807, 2.05) is 0 Å². The second kappa shape index (κ2) is 8.06. The molecule has 102 valence electrons. The van der Waals surface area contributed by atoms with E-state index in [2.05, 4.69) is 63.4 Å². The summed E-state index contributed by atoms with van der Waals surface area (Å²) in [6.07, 6.45) is 1.07. The average Bonchev–Trinajstić information content (AvgIpc) is 2.34. The number of hydrogen-bond acceptors (Lipinski definition) is 2. The fourth-order valence-electron chi connectivity index (χ4n) is 2.05. The van der Waals surface area contributed by atoms with Crippen molar-refractivity contribution in [2.45, 2.75) is 45.3 Å². The van der Waals surface area contributed by atoms with Crippen LogP contribution in [0.25, 0.3) is 0 Å². The molecular weight excluding hydrogens is 272 g/mol. The molecule has 1 aromatic rings. The standard InChI is InChI=1S/C13H26O2Si3/c1-6-13(14-16(2)3)18(15-17(4)5)12-10-8-7-9-11-12/h7-11,13,16-18H,6H2,1-5H3. The van der Waals surface area contributed by atoms with Gasteiger partial charge in [0, 0.05) is 0 Å². The van der Waals surface area contributed by atoms with Crippen LogP contribution in [0.3, 0.4) is 0 Å². The quantitative estimate of drug-likeness (QED) is 0.716. The van der Waals surface area contributed by atoms with Gasteiger partial charge < -0.3 is 8.54 Å². The van der Waals surface area contributed by atoms with Gasteiger partial charge in [-0.05, 0) is 37.8 Å². The lowest BCUT2D eigenvalue weighted by atomic mass is 10.4. The molecule has 0 aliphatic carbocycles. The fourth-order valence-corrected chi connectivity index (χ4v) is 9.59. The molecule has 0 saturated heterocycles. The Balaban J connectivity index is 2.89. The summed E-state index contributed by atoms with van der Waals surface area (Å²) < 4.78 is 12.6. The third kappa shape index (κ3) is 5.19. The Labute approximate surface area is 117 Å². The fraction of sp³-hybridized carbons (Fsp3) is 0.538. The lowest BCUT2D eigenvalue weighted by molar-refractivity contribution is 0.260. The van der Waals surface area contributed by atoms with Crippen LogP contribution in [-0.2, 0) is 8.54 Å². The predicted octanol–water partition coefficient (Wildman–Crippen LogP) is 1.94. The second-order valence-corrected chi connectivity index (χ2v) is 13.0. The molecule has 0 aromatic heterocycles. The van der Waals surface area contributed by atoms with Crippen molar-refractivity contribution in [2.24, 2.45) is 0 Å². The number of rotatable bonds is 7. The van der Waals surface area contributed by atoms with Crippen LogP contribution in [0.5, 0.6) is 0 Å². The number of hydrogen-bond donors (Lipinski definition) is 0. The first kappa shape index (κ1) is 15.8. The first-order valence-corrected chi connectivity index (χ1v) is 14.2. The molecule has 5 heteroatoms. The van der Waals surface area contributed by atoms with E-state index in [9.17, 15) is 0 Å². The van der Waals surface area contributed by atoms with Gasteiger partial charge in [0.05, 0.1) is 5.73 Å². The van der Waals surface area contributed by atoms with Crippen molar-refractivity contribution in [3.8, 4) is 0 Å². The topological polar surface area (TPSA) is 18.5 Å².